The lowest BCUT2D eigenvalue weighted by Gasteiger charge is -2.28. The highest BCUT2D eigenvalue weighted by atomic mass is 35.5. The Morgan fingerprint density at radius 1 is 1.19 bits per heavy atom. The molecule has 4 aromatic rings. The van der Waals surface area contributed by atoms with E-state index >= 15 is 0 Å². The molecule has 0 aliphatic carbocycles. The molecule has 36 heavy (non-hydrogen) atoms. The lowest BCUT2D eigenvalue weighted by atomic mass is 10.0. The summed E-state index contributed by atoms with van der Waals surface area (Å²) in [5, 5.41) is 3.79. The summed E-state index contributed by atoms with van der Waals surface area (Å²) in [6.07, 6.45) is 6.76. The maximum Gasteiger partial charge on any atom is 0.293 e. The van der Waals surface area contributed by atoms with E-state index in [0.29, 0.717) is 17.4 Å². The number of benzene rings is 1. The van der Waals surface area contributed by atoms with E-state index in [2.05, 4.69) is 20.2 Å². The fourth-order valence-corrected chi connectivity index (χ4v) is 4.50. The van der Waals surface area contributed by atoms with Crippen molar-refractivity contribution in [2.24, 2.45) is 7.05 Å². The number of anilines is 1. The number of carbonyl (C=O) groups excluding carboxylic acids is 1. The van der Waals surface area contributed by atoms with Gasteiger partial charge < -0.3 is 19.5 Å². The molecule has 1 aliphatic rings. The van der Waals surface area contributed by atoms with E-state index in [1.165, 1.54) is 22.7 Å². The number of hydrogen-bond acceptors (Lipinski definition) is 7. The van der Waals surface area contributed by atoms with Gasteiger partial charge in [-0.15, -0.1) is 0 Å². The van der Waals surface area contributed by atoms with E-state index in [1.54, 1.807) is 25.5 Å². The summed E-state index contributed by atoms with van der Waals surface area (Å²) in [6.45, 7) is 1.30. The van der Waals surface area contributed by atoms with Gasteiger partial charge in [0.2, 0.25) is 5.95 Å². The molecule has 0 bridgehead atoms. The lowest BCUT2D eigenvalue weighted by Crippen LogP contribution is -2.32. The third kappa shape index (κ3) is 4.74. The van der Waals surface area contributed by atoms with E-state index in [1.807, 2.05) is 30.5 Å². The minimum Gasteiger partial charge on any atom is -0.478 e. The zero-order valence-electron chi connectivity index (χ0n) is 20.0. The summed E-state index contributed by atoms with van der Waals surface area (Å²) in [5.41, 5.74) is 4.63. The van der Waals surface area contributed by atoms with Gasteiger partial charge in [-0.25, -0.2) is 9.97 Å². The number of nitrogens with zero attached hydrogens (tertiary/aromatic N) is 5. The highest BCUT2D eigenvalue weighted by Gasteiger charge is 2.20. The van der Waals surface area contributed by atoms with Crippen LogP contribution in [0.3, 0.4) is 0 Å². The topological polar surface area (TPSA) is 102 Å². The molecule has 5 rings (SSSR count). The van der Waals surface area contributed by atoms with Crippen molar-refractivity contribution in [1.29, 1.82) is 0 Å². The Bertz CT molecular complexity index is 1520. The molecule has 1 aliphatic heterocycles. The summed E-state index contributed by atoms with van der Waals surface area (Å²) in [6, 6.07) is 9.52. The van der Waals surface area contributed by atoms with E-state index in [0.717, 1.165) is 41.7 Å². The number of hydrogen-bond donors (Lipinski definition) is 1. The van der Waals surface area contributed by atoms with Gasteiger partial charge in [0, 0.05) is 51.4 Å². The van der Waals surface area contributed by atoms with Crippen molar-refractivity contribution in [2.45, 2.75) is 19.4 Å². The van der Waals surface area contributed by atoms with Gasteiger partial charge in [-0.2, -0.15) is 0 Å². The smallest absolute Gasteiger partial charge is 0.293 e. The molecular weight excluding hydrogens is 480 g/mol. The second-order valence-electron chi connectivity index (χ2n) is 8.69. The van der Waals surface area contributed by atoms with Gasteiger partial charge in [0.1, 0.15) is 0 Å². The van der Waals surface area contributed by atoms with E-state index in [-0.39, 0.29) is 23.8 Å². The molecule has 0 fully saturated rings. The van der Waals surface area contributed by atoms with Crippen LogP contribution in [0, 0.1) is 0 Å². The number of pyridine rings is 2. The first-order valence-corrected chi connectivity index (χ1v) is 11.9. The summed E-state index contributed by atoms with van der Waals surface area (Å²) in [7, 11) is 3.19. The predicted molar refractivity (Wildman–Crippen MR) is 138 cm³/mol. The van der Waals surface area contributed by atoms with E-state index < -0.39 is 0 Å². The number of nitrogens with one attached hydrogen (secondary N) is 1. The van der Waals surface area contributed by atoms with E-state index in [4.69, 9.17) is 21.3 Å². The second-order valence-corrected chi connectivity index (χ2v) is 9.09. The SMILES string of the molecule is CNC(=O)COc1cc2cc(Cc3nc(N4CCc5cnccc5C4)ncc3Cl)ccc2n(C)c1=O. The lowest BCUT2D eigenvalue weighted by molar-refractivity contribution is -0.122. The minimum absolute atomic E-state index is 0.119. The molecule has 3 aromatic heterocycles. The quantitative estimate of drug-likeness (QED) is 0.430. The van der Waals surface area contributed by atoms with Gasteiger partial charge in [-0.1, -0.05) is 17.7 Å². The van der Waals surface area contributed by atoms with Crippen molar-refractivity contribution in [2.75, 3.05) is 25.1 Å². The van der Waals surface area contributed by atoms with Crippen LogP contribution in [-0.4, -0.2) is 45.6 Å². The fourth-order valence-electron chi connectivity index (χ4n) is 4.34. The summed E-state index contributed by atoms with van der Waals surface area (Å²) in [5.74, 6) is 0.451. The van der Waals surface area contributed by atoms with Gasteiger partial charge in [-0.3, -0.25) is 14.6 Å². The average Bonchev–Trinajstić information content (AvgIpc) is 2.90. The van der Waals surface area contributed by atoms with Crippen LogP contribution in [0.25, 0.3) is 10.9 Å². The molecule has 184 valence electrons. The molecule has 9 nitrogen and oxygen atoms in total. The van der Waals surface area contributed by atoms with Crippen molar-refractivity contribution >= 4 is 34.4 Å². The van der Waals surface area contributed by atoms with Crippen LogP contribution in [0.4, 0.5) is 5.95 Å². The number of carbonyl (C=O) groups is 1. The molecule has 0 spiro atoms. The number of aryl methyl sites for hydroxylation is 1. The summed E-state index contributed by atoms with van der Waals surface area (Å²) < 4.78 is 6.98. The first-order valence-electron chi connectivity index (χ1n) is 11.6. The molecule has 1 amide bonds. The highest BCUT2D eigenvalue weighted by molar-refractivity contribution is 6.31. The third-order valence-corrected chi connectivity index (χ3v) is 6.68. The molecule has 1 N–H and O–H groups in total. The predicted octanol–water partition coefficient (Wildman–Crippen LogP) is 2.66. The number of fused-ring (bicyclic) bond motifs is 2. The van der Waals surface area contributed by atoms with Crippen LogP contribution in [0.1, 0.15) is 22.4 Å². The first-order chi connectivity index (χ1) is 17.4. The molecule has 10 heteroatoms. The largest absolute Gasteiger partial charge is 0.478 e. The second kappa shape index (κ2) is 9.94. The molecule has 0 saturated heterocycles. The monoisotopic (exact) mass is 504 g/mol. The summed E-state index contributed by atoms with van der Waals surface area (Å²) >= 11 is 6.49. The van der Waals surface area contributed by atoms with Crippen molar-refractivity contribution in [3.05, 3.63) is 86.7 Å². The molecule has 4 heterocycles. The third-order valence-electron chi connectivity index (χ3n) is 6.37. The van der Waals surface area contributed by atoms with Crippen LogP contribution in [0.5, 0.6) is 5.75 Å². The Balaban J connectivity index is 1.41. The number of amides is 1. The van der Waals surface area contributed by atoms with Gasteiger partial charge in [0.15, 0.2) is 12.4 Å². The Hall–Kier alpha value is -3.98. The number of halogens is 1. The van der Waals surface area contributed by atoms with Crippen molar-refractivity contribution in [1.82, 2.24) is 24.8 Å². The van der Waals surface area contributed by atoms with Crippen LogP contribution >= 0.6 is 11.6 Å². The number of rotatable bonds is 6. The number of aromatic nitrogens is 4. The normalized spacial score (nSPS) is 12.9. The van der Waals surface area contributed by atoms with Gasteiger partial charge in [0.05, 0.1) is 22.4 Å². The van der Waals surface area contributed by atoms with Crippen molar-refractivity contribution in [3.8, 4) is 5.75 Å². The van der Waals surface area contributed by atoms with Gasteiger partial charge in [-0.05, 0) is 47.4 Å². The zero-order chi connectivity index (χ0) is 25.2. The molecule has 0 radical (unpaired) electrons. The molecule has 1 aromatic carbocycles. The standard InChI is InChI=1S/C26H25ClN6O3/c1-28-24(34)15-36-23-11-19-9-16(3-4-22(19)32(2)25(23)35)10-21-20(27)13-30-26(31-21)33-8-6-17-12-29-7-5-18(17)14-33/h3-5,7,9,11-13H,6,8,10,14-15H2,1-2H3,(H,28,34). The highest BCUT2D eigenvalue weighted by Crippen LogP contribution is 2.26. The molecular formula is C26H25ClN6O3. The van der Waals surface area contributed by atoms with Crippen LogP contribution in [0.15, 0.2) is 53.7 Å². The van der Waals surface area contributed by atoms with Crippen LogP contribution in [-0.2, 0) is 31.2 Å². The van der Waals surface area contributed by atoms with Crippen molar-refractivity contribution in [3.63, 3.8) is 0 Å². The first kappa shape index (κ1) is 23.7. The maximum atomic E-state index is 12.6. The molecule has 0 saturated carbocycles. The molecule has 0 atom stereocenters. The van der Waals surface area contributed by atoms with E-state index in [9.17, 15) is 9.59 Å². The Kier molecular flexibility index (Phi) is 6.56. The Labute approximate surface area is 212 Å². The van der Waals surface area contributed by atoms with Crippen LogP contribution < -0.4 is 20.5 Å². The number of likely N-dealkylation sites (N-methyl/N-ethyl adjacent to an activating group) is 1. The Morgan fingerprint density at radius 2 is 2.06 bits per heavy atom. The Morgan fingerprint density at radius 3 is 2.89 bits per heavy atom. The maximum absolute atomic E-state index is 12.6. The average molecular weight is 505 g/mol. The number of ether oxygens (including phenoxy) is 1. The van der Waals surface area contributed by atoms with Gasteiger partial charge >= 0.3 is 0 Å². The van der Waals surface area contributed by atoms with Gasteiger partial charge in [0.25, 0.3) is 11.5 Å². The molecule has 0 unspecified atom stereocenters. The fraction of sp³-hybridized carbons (Fsp3) is 0.269. The minimum atomic E-state index is -0.311. The van der Waals surface area contributed by atoms with Crippen molar-refractivity contribution < 1.29 is 9.53 Å². The van der Waals surface area contributed by atoms with Crippen LogP contribution in [0.2, 0.25) is 5.02 Å². The summed E-state index contributed by atoms with van der Waals surface area (Å²) in [4.78, 5) is 39.8. The zero-order valence-corrected chi connectivity index (χ0v) is 20.7.